The van der Waals surface area contributed by atoms with E-state index in [2.05, 4.69) is 0 Å². The van der Waals surface area contributed by atoms with E-state index < -0.39 is 17.0 Å². The quantitative estimate of drug-likeness (QED) is 0.806. The molecule has 0 spiro atoms. The second-order valence-corrected chi connectivity index (χ2v) is 4.85. The van der Waals surface area contributed by atoms with Crippen LogP contribution in [0, 0.1) is 17.0 Å². The third kappa shape index (κ3) is 1.86. The summed E-state index contributed by atoms with van der Waals surface area (Å²) in [5, 5.41) is 0. The highest BCUT2D eigenvalue weighted by molar-refractivity contribution is 6.01. The van der Waals surface area contributed by atoms with E-state index in [-0.39, 0.29) is 17.4 Å². The zero-order valence-electron chi connectivity index (χ0n) is 9.67. The number of hydrogen-bond donors (Lipinski definition) is 1. The molecule has 0 radical (unpaired) electrons. The minimum atomic E-state index is -1.07. The van der Waals surface area contributed by atoms with Crippen LogP contribution >= 0.6 is 0 Å². The Morgan fingerprint density at radius 3 is 2.76 bits per heavy atom. The molecule has 2 N–H and O–H groups in total. The lowest BCUT2D eigenvalue weighted by molar-refractivity contribution is 0.0797. The molecule has 17 heavy (non-hydrogen) atoms. The first-order valence-electron chi connectivity index (χ1n) is 5.71. The maximum absolute atomic E-state index is 13.6. The Labute approximate surface area is 98.8 Å². The highest BCUT2D eigenvalue weighted by atomic mass is 19.2. The van der Waals surface area contributed by atoms with E-state index in [1.165, 1.54) is 12.1 Å². The van der Waals surface area contributed by atoms with E-state index in [0.29, 0.717) is 6.42 Å². The normalized spacial score (nSPS) is 28.4. The summed E-state index contributed by atoms with van der Waals surface area (Å²) < 4.78 is 26.7. The van der Waals surface area contributed by atoms with Gasteiger partial charge in [0, 0.05) is 11.5 Å². The first-order valence-corrected chi connectivity index (χ1v) is 5.71. The molecule has 1 saturated carbocycles. The van der Waals surface area contributed by atoms with Crippen molar-refractivity contribution in [1.82, 2.24) is 0 Å². The molecule has 0 amide bonds. The first kappa shape index (κ1) is 12.2. The fourth-order valence-electron chi connectivity index (χ4n) is 2.46. The highest BCUT2D eigenvalue weighted by Crippen LogP contribution is 2.40. The molecule has 0 aliphatic heterocycles. The molecule has 0 heterocycles. The number of carbonyl (C=O) groups excluding carboxylic acids is 1. The van der Waals surface area contributed by atoms with E-state index in [9.17, 15) is 13.6 Å². The Balaban J connectivity index is 2.41. The number of carbonyl (C=O) groups is 1. The number of rotatable bonds is 2. The van der Waals surface area contributed by atoms with Crippen molar-refractivity contribution in [2.24, 2.45) is 11.1 Å². The minimum absolute atomic E-state index is 0.190. The van der Waals surface area contributed by atoms with Gasteiger partial charge in [0.25, 0.3) is 0 Å². The minimum Gasteiger partial charge on any atom is -0.327 e. The molecule has 2 rings (SSSR count). The maximum atomic E-state index is 13.6. The molecule has 2 atom stereocenters. The third-order valence-electron chi connectivity index (χ3n) is 3.74. The van der Waals surface area contributed by atoms with Crippen LogP contribution in [0.1, 0.15) is 36.5 Å². The maximum Gasteiger partial charge on any atom is 0.173 e. The van der Waals surface area contributed by atoms with Crippen molar-refractivity contribution in [1.29, 1.82) is 0 Å². The zero-order valence-corrected chi connectivity index (χ0v) is 9.67. The second kappa shape index (κ2) is 4.18. The Bertz CT molecular complexity index is 461. The fourth-order valence-corrected chi connectivity index (χ4v) is 2.46. The number of Topliss-reactive ketones (excluding diaryl/α,β-unsaturated/α-hetero) is 1. The molecule has 0 saturated heterocycles. The van der Waals surface area contributed by atoms with Crippen molar-refractivity contribution < 1.29 is 13.6 Å². The molecule has 2 unspecified atom stereocenters. The fraction of sp³-hybridized carbons (Fsp3) is 0.462. The van der Waals surface area contributed by atoms with Crippen molar-refractivity contribution in [3.8, 4) is 0 Å². The van der Waals surface area contributed by atoms with Crippen LogP contribution in [0.15, 0.2) is 18.2 Å². The Hall–Kier alpha value is -1.29. The van der Waals surface area contributed by atoms with E-state index >= 15 is 0 Å². The summed E-state index contributed by atoms with van der Waals surface area (Å²) in [4.78, 5) is 12.3. The summed E-state index contributed by atoms with van der Waals surface area (Å²) in [6, 6.07) is 3.38. The molecular formula is C13H15F2NO. The summed E-state index contributed by atoms with van der Waals surface area (Å²) in [5.41, 5.74) is 4.94. The molecule has 2 nitrogen and oxygen atoms in total. The number of nitrogens with two attached hydrogens (primary N) is 1. The van der Waals surface area contributed by atoms with Gasteiger partial charge in [-0.1, -0.05) is 19.4 Å². The van der Waals surface area contributed by atoms with Crippen molar-refractivity contribution in [3.05, 3.63) is 35.4 Å². The van der Waals surface area contributed by atoms with E-state index in [0.717, 1.165) is 18.9 Å². The predicted molar refractivity (Wildman–Crippen MR) is 60.6 cm³/mol. The molecule has 0 bridgehead atoms. The molecule has 0 aromatic heterocycles. The van der Waals surface area contributed by atoms with Crippen LogP contribution < -0.4 is 5.73 Å². The van der Waals surface area contributed by atoms with E-state index in [1.807, 2.05) is 0 Å². The number of hydrogen-bond acceptors (Lipinski definition) is 2. The number of halogens is 2. The van der Waals surface area contributed by atoms with Gasteiger partial charge in [-0.15, -0.1) is 0 Å². The summed E-state index contributed by atoms with van der Waals surface area (Å²) in [5.74, 6) is -2.46. The largest absolute Gasteiger partial charge is 0.327 e. The second-order valence-electron chi connectivity index (χ2n) is 4.85. The molecular weight excluding hydrogens is 224 g/mol. The summed E-state index contributed by atoms with van der Waals surface area (Å²) in [6.45, 7) is 1.73. The van der Waals surface area contributed by atoms with Crippen molar-refractivity contribution in [2.45, 2.75) is 32.2 Å². The topological polar surface area (TPSA) is 43.1 Å². The molecule has 92 valence electrons. The van der Waals surface area contributed by atoms with Gasteiger partial charge in [-0.05, 0) is 25.0 Å². The monoisotopic (exact) mass is 239 g/mol. The van der Waals surface area contributed by atoms with Crippen molar-refractivity contribution in [3.63, 3.8) is 0 Å². The Morgan fingerprint density at radius 2 is 2.18 bits per heavy atom. The summed E-state index contributed by atoms with van der Waals surface area (Å²) in [6.07, 6.45) is 2.22. The predicted octanol–water partition coefficient (Wildman–Crippen LogP) is 2.67. The van der Waals surface area contributed by atoms with Crippen LogP contribution in [0.2, 0.25) is 0 Å². The molecule has 1 aromatic rings. The van der Waals surface area contributed by atoms with Gasteiger partial charge in [0.05, 0.1) is 5.56 Å². The van der Waals surface area contributed by atoms with E-state index in [4.69, 9.17) is 5.73 Å². The zero-order chi connectivity index (χ0) is 12.6. The SMILES string of the molecule is CC1(C(=O)c2cccc(F)c2F)CCCC1N. The lowest BCUT2D eigenvalue weighted by atomic mass is 9.78. The Morgan fingerprint density at radius 1 is 1.47 bits per heavy atom. The van der Waals surface area contributed by atoms with Gasteiger partial charge in [0.2, 0.25) is 0 Å². The lowest BCUT2D eigenvalue weighted by Gasteiger charge is -2.27. The van der Waals surface area contributed by atoms with Crippen LogP contribution in [-0.2, 0) is 0 Å². The molecule has 1 fully saturated rings. The van der Waals surface area contributed by atoms with E-state index in [1.54, 1.807) is 6.92 Å². The van der Waals surface area contributed by atoms with Crippen LogP contribution in [0.3, 0.4) is 0 Å². The van der Waals surface area contributed by atoms with Gasteiger partial charge in [-0.2, -0.15) is 0 Å². The smallest absolute Gasteiger partial charge is 0.173 e. The number of benzene rings is 1. The number of ketones is 1. The first-order chi connectivity index (χ1) is 7.97. The third-order valence-corrected chi connectivity index (χ3v) is 3.74. The average molecular weight is 239 g/mol. The Kier molecular flexibility index (Phi) is 3.00. The molecule has 1 aliphatic carbocycles. The summed E-state index contributed by atoms with van der Waals surface area (Å²) >= 11 is 0. The van der Waals surface area contributed by atoms with Crippen molar-refractivity contribution >= 4 is 5.78 Å². The van der Waals surface area contributed by atoms with Gasteiger partial charge >= 0.3 is 0 Å². The van der Waals surface area contributed by atoms with Crippen LogP contribution in [0.4, 0.5) is 8.78 Å². The average Bonchev–Trinajstić information content (AvgIpc) is 2.64. The molecule has 4 heteroatoms. The standard InChI is InChI=1S/C13H15F2NO/c1-13(7-3-6-10(13)16)12(17)8-4-2-5-9(14)11(8)15/h2,4-5,10H,3,6-7,16H2,1H3. The van der Waals surface area contributed by atoms with Crippen LogP contribution in [-0.4, -0.2) is 11.8 Å². The highest BCUT2D eigenvalue weighted by Gasteiger charge is 2.44. The van der Waals surface area contributed by atoms with Gasteiger partial charge in [-0.25, -0.2) is 8.78 Å². The van der Waals surface area contributed by atoms with Gasteiger partial charge in [0.1, 0.15) is 0 Å². The molecule has 1 aliphatic rings. The van der Waals surface area contributed by atoms with Gasteiger partial charge < -0.3 is 5.73 Å². The van der Waals surface area contributed by atoms with Crippen molar-refractivity contribution in [2.75, 3.05) is 0 Å². The van der Waals surface area contributed by atoms with Gasteiger partial charge in [-0.3, -0.25) is 4.79 Å². The molecule has 1 aromatic carbocycles. The van der Waals surface area contributed by atoms with Gasteiger partial charge in [0.15, 0.2) is 17.4 Å². The lowest BCUT2D eigenvalue weighted by Crippen LogP contribution is -2.41. The van der Waals surface area contributed by atoms with Crippen LogP contribution in [0.25, 0.3) is 0 Å². The van der Waals surface area contributed by atoms with Crippen LogP contribution in [0.5, 0.6) is 0 Å². The summed E-state index contributed by atoms with van der Waals surface area (Å²) in [7, 11) is 0.